The monoisotopic (exact) mass is 429 g/mol. The van der Waals surface area contributed by atoms with Crippen LogP contribution in [0.3, 0.4) is 0 Å². The highest BCUT2D eigenvalue weighted by atomic mass is 35.5. The molecule has 1 saturated heterocycles. The second-order valence-corrected chi connectivity index (χ2v) is 6.84. The summed E-state index contributed by atoms with van der Waals surface area (Å²) < 4.78 is 11.2. The zero-order valence-corrected chi connectivity index (χ0v) is 17.1. The molecule has 0 radical (unpaired) electrons. The van der Waals surface area contributed by atoms with Crippen LogP contribution in [0.1, 0.15) is 18.1 Å². The van der Waals surface area contributed by atoms with E-state index in [1.165, 1.54) is 6.08 Å². The van der Waals surface area contributed by atoms with Crippen molar-refractivity contribution in [3.05, 3.63) is 58.2 Å². The lowest BCUT2D eigenvalue weighted by molar-refractivity contribution is -0.118. The molecule has 3 rings (SSSR count). The van der Waals surface area contributed by atoms with Gasteiger partial charge < -0.3 is 20.1 Å². The molecule has 0 saturated carbocycles. The number of urea groups is 1. The van der Waals surface area contributed by atoms with E-state index in [0.717, 1.165) is 5.56 Å². The van der Waals surface area contributed by atoms with Gasteiger partial charge in [0.15, 0.2) is 18.1 Å². The van der Waals surface area contributed by atoms with E-state index in [2.05, 4.69) is 16.0 Å². The maximum absolute atomic E-state index is 12.2. The van der Waals surface area contributed by atoms with Crippen molar-refractivity contribution in [2.24, 2.45) is 0 Å². The molecule has 0 unspecified atom stereocenters. The van der Waals surface area contributed by atoms with Crippen LogP contribution in [0.4, 0.5) is 10.5 Å². The highest BCUT2D eigenvalue weighted by Crippen LogP contribution is 2.37. The van der Waals surface area contributed by atoms with E-state index in [1.807, 2.05) is 19.1 Å². The van der Waals surface area contributed by atoms with Gasteiger partial charge in [-0.3, -0.25) is 14.9 Å². The fourth-order valence-electron chi connectivity index (χ4n) is 2.70. The quantitative estimate of drug-likeness (QED) is 0.463. The number of aryl methyl sites for hydroxylation is 1. The Kier molecular flexibility index (Phi) is 6.58. The van der Waals surface area contributed by atoms with Crippen molar-refractivity contribution < 1.29 is 23.9 Å². The first-order valence-corrected chi connectivity index (χ1v) is 9.53. The molecule has 0 atom stereocenters. The van der Waals surface area contributed by atoms with Gasteiger partial charge in [-0.2, -0.15) is 0 Å². The fourth-order valence-corrected chi connectivity index (χ4v) is 2.97. The Labute approximate surface area is 178 Å². The lowest BCUT2D eigenvalue weighted by atomic mass is 10.1. The second kappa shape index (κ2) is 9.32. The Bertz CT molecular complexity index is 1020. The van der Waals surface area contributed by atoms with Gasteiger partial charge in [-0.15, -0.1) is 0 Å². The summed E-state index contributed by atoms with van der Waals surface area (Å²) in [6.07, 6.45) is 1.46. The Balaban J connectivity index is 1.74. The molecule has 1 heterocycles. The van der Waals surface area contributed by atoms with Crippen molar-refractivity contribution in [1.82, 2.24) is 10.6 Å². The van der Waals surface area contributed by atoms with Crippen LogP contribution in [0.5, 0.6) is 11.5 Å². The van der Waals surface area contributed by atoms with E-state index in [9.17, 15) is 14.4 Å². The van der Waals surface area contributed by atoms with Crippen LogP contribution in [-0.4, -0.2) is 31.1 Å². The molecular formula is C21H20ClN3O5. The number of anilines is 1. The number of benzene rings is 2. The summed E-state index contributed by atoms with van der Waals surface area (Å²) in [6, 6.07) is 9.93. The number of nitrogens with one attached hydrogen (secondary N) is 3. The van der Waals surface area contributed by atoms with Crippen LogP contribution < -0.4 is 25.4 Å². The number of carbonyl (C=O) groups is 3. The topological polar surface area (TPSA) is 106 Å². The summed E-state index contributed by atoms with van der Waals surface area (Å²) in [5, 5.41) is 7.45. The van der Waals surface area contributed by atoms with Gasteiger partial charge in [-0.1, -0.05) is 29.3 Å². The van der Waals surface area contributed by atoms with E-state index in [-0.39, 0.29) is 29.0 Å². The third-order valence-corrected chi connectivity index (χ3v) is 4.33. The highest BCUT2D eigenvalue weighted by Gasteiger charge is 2.23. The minimum atomic E-state index is -0.595. The van der Waals surface area contributed by atoms with Crippen LogP contribution in [0.15, 0.2) is 42.1 Å². The maximum Gasteiger partial charge on any atom is 0.326 e. The number of halogens is 1. The molecule has 8 nitrogen and oxygen atoms in total. The van der Waals surface area contributed by atoms with Gasteiger partial charge in [-0.25, -0.2) is 4.79 Å². The fraction of sp³-hybridized carbons (Fsp3) is 0.190. The molecule has 9 heteroatoms. The summed E-state index contributed by atoms with van der Waals surface area (Å²) in [4.78, 5) is 35.2. The molecule has 30 heavy (non-hydrogen) atoms. The molecule has 2 aromatic carbocycles. The number of ether oxygens (including phenoxy) is 2. The molecule has 1 aliphatic rings. The van der Waals surface area contributed by atoms with Gasteiger partial charge in [0, 0.05) is 5.69 Å². The van der Waals surface area contributed by atoms with Crippen LogP contribution >= 0.6 is 11.6 Å². The molecule has 156 valence electrons. The standard InChI is InChI=1S/C21H20ClN3O5/c1-3-29-17-10-13(9-16-20(27)25-21(28)24-16)8-15(22)19(17)30-11-18(26)23-14-6-4-12(2)5-7-14/h4-10H,3,11H2,1-2H3,(H,23,26)(H2,24,25,27,28)/b16-9+. The zero-order chi connectivity index (χ0) is 21.7. The van der Waals surface area contributed by atoms with Gasteiger partial charge in [0.2, 0.25) is 0 Å². The van der Waals surface area contributed by atoms with Gasteiger partial charge >= 0.3 is 6.03 Å². The first kappa shape index (κ1) is 21.2. The molecule has 4 amide bonds. The second-order valence-electron chi connectivity index (χ2n) is 6.43. The number of imide groups is 1. The Morgan fingerprint density at radius 3 is 2.50 bits per heavy atom. The first-order valence-electron chi connectivity index (χ1n) is 9.15. The number of amides is 4. The summed E-state index contributed by atoms with van der Waals surface area (Å²) in [6.45, 7) is 3.81. The van der Waals surface area contributed by atoms with Crippen molar-refractivity contribution >= 4 is 41.2 Å². The van der Waals surface area contributed by atoms with Crippen molar-refractivity contribution in [3.63, 3.8) is 0 Å². The molecule has 2 aromatic rings. The maximum atomic E-state index is 12.2. The first-order chi connectivity index (χ1) is 14.4. The van der Waals surface area contributed by atoms with E-state index >= 15 is 0 Å². The molecule has 1 aliphatic heterocycles. The van der Waals surface area contributed by atoms with Crippen LogP contribution in [0.25, 0.3) is 6.08 Å². The summed E-state index contributed by atoms with van der Waals surface area (Å²) in [5.41, 5.74) is 2.35. The van der Waals surface area contributed by atoms with Crippen molar-refractivity contribution in [1.29, 1.82) is 0 Å². The van der Waals surface area contributed by atoms with Crippen molar-refractivity contribution in [3.8, 4) is 11.5 Å². The Morgan fingerprint density at radius 1 is 1.13 bits per heavy atom. The van der Waals surface area contributed by atoms with Gasteiger partial charge in [-0.05, 0) is 49.8 Å². The van der Waals surface area contributed by atoms with Gasteiger partial charge in [0.05, 0.1) is 11.6 Å². The predicted molar refractivity (Wildman–Crippen MR) is 113 cm³/mol. The summed E-state index contributed by atoms with van der Waals surface area (Å²) in [5.74, 6) is -0.375. The van der Waals surface area contributed by atoms with Crippen LogP contribution in [0, 0.1) is 6.92 Å². The highest BCUT2D eigenvalue weighted by molar-refractivity contribution is 6.32. The summed E-state index contributed by atoms with van der Waals surface area (Å²) >= 11 is 6.33. The number of rotatable bonds is 7. The largest absolute Gasteiger partial charge is 0.490 e. The van der Waals surface area contributed by atoms with E-state index in [4.69, 9.17) is 21.1 Å². The summed E-state index contributed by atoms with van der Waals surface area (Å²) in [7, 11) is 0. The molecular weight excluding hydrogens is 410 g/mol. The lowest BCUT2D eigenvalue weighted by Gasteiger charge is -2.14. The average Bonchev–Trinajstić information content (AvgIpc) is 3.00. The normalized spacial score (nSPS) is 14.3. The van der Waals surface area contributed by atoms with Crippen molar-refractivity contribution in [2.75, 3.05) is 18.5 Å². The lowest BCUT2D eigenvalue weighted by Crippen LogP contribution is -2.22. The van der Waals surface area contributed by atoms with Crippen molar-refractivity contribution in [2.45, 2.75) is 13.8 Å². The minimum absolute atomic E-state index is 0.0876. The molecule has 0 aliphatic carbocycles. The average molecular weight is 430 g/mol. The molecule has 0 spiro atoms. The van der Waals surface area contributed by atoms with Crippen LogP contribution in [0.2, 0.25) is 5.02 Å². The number of carbonyl (C=O) groups excluding carboxylic acids is 3. The molecule has 3 N–H and O–H groups in total. The van der Waals surface area contributed by atoms with Gasteiger partial charge in [0.1, 0.15) is 5.70 Å². The SMILES string of the molecule is CCOc1cc(/C=C2/NC(=O)NC2=O)cc(Cl)c1OCC(=O)Nc1ccc(C)cc1. The predicted octanol–water partition coefficient (Wildman–Crippen LogP) is 3.24. The van der Waals surface area contributed by atoms with E-state index in [0.29, 0.717) is 23.6 Å². The number of hydrogen-bond acceptors (Lipinski definition) is 5. The smallest absolute Gasteiger partial charge is 0.326 e. The third kappa shape index (κ3) is 5.30. The minimum Gasteiger partial charge on any atom is -0.490 e. The van der Waals surface area contributed by atoms with E-state index in [1.54, 1.807) is 31.2 Å². The van der Waals surface area contributed by atoms with Gasteiger partial charge in [0.25, 0.3) is 11.8 Å². The molecule has 1 fully saturated rings. The molecule has 0 bridgehead atoms. The third-order valence-electron chi connectivity index (χ3n) is 4.05. The zero-order valence-electron chi connectivity index (χ0n) is 16.4. The Hall–Kier alpha value is -3.52. The molecule has 0 aromatic heterocycles. The van der Waals surface area contributed by atoms with E-state index < -0.39 is 11.9 Å². The Morgan fingerprint density at radius 2 is 1.87 bits per heavy atom. The number of hydrogen-bond donors (Lipinski definition) is 3. The van der Waals surface area contributed by atoms with Crippen LogP contribution in [-0.2, 0) is 9.59 Å².